The molecule has 0 radical (unpaired) electrons. The zero-order chi connectivity index (χ0) is 19.7. The summed E-state index contributed by atoms with van der Waals surface area (Å²) in [4.78, 5) is 20.4. The number of nitrogens with zero attached hydrogens (tertiary/aromatic N) is 3. The van der Waals surface area contributed by atoms with Crippen LogP contribution in [0.2, 0.25) is 0 Å². The standard InChI is InChI=1S/C20H33N3O4/c1-15(2)18(19(25)5-7-20(8-6-19)26-11-12-27-20)21-13-16(3)23-10-9-22(4)17(24)14-23/h13,15,25H,5-12,14H2,1-4H3/b16-13+,21-18?. The summed E-state index contributed by atoms with van der Waals surface area (Å²) >= 11 is 0. The van der Waals surface area contributed by atoms with Crippen molar-refractivity contribution < 1.29 is 19.4 Å². The highest BCUT2D eigenvalue weighted by molar-refractivity contribution is 5.94. The predicted octanol–water partition coefficient (Wildman–Crippen LogP) is 1.77. The molecule has 3 aliphatic rings. The third-order valence-electron chi connectivity index (χ3n) is 6.02. The molecular formula is C20H33N3O4. The van der Waals surface area contributed by atoms with Crippen molar-refractivity contribution in [3.05, 3.63) is 11.9 Å². The van der Waals surface area contributed by atoms with Gasteiger partial charge in [-0.05, 0) is 25.7 Å². The molecule has 2 heterocycles. The van der Waals surface area contributed by atoms with Gasteiger partial charge in [0.1, 0.15) is 5.60 Å². The van der Waals surface area contributed by atoms with Crippen molar-refractivity contribution in [2.45, 2.75) is 57.8 Å². The van der Waals surface area contributed by atoms with Gasteiger partial charge in [0.15, 0.2) is 5.79 Å². The van der Waals surface area contributed by atoms with Crippen LogP contribution in [0.25, 0.3) is 0 Å². The van der Waals surface area contributed by atoms with Gasteiger partial charge >= 0.3 is 0 Å². The Morgan fingerprint density at radius 1 is 1.19 bits per heavy atom. The third-order valence-corrected chi connectivity index (χ3v) is 6.02. The number of rotatable bonds is 4. The van der Waals surface area contributed by atoms with Crippen LogP contribution in [0, 0.1) is 5.92 Å². The van der Waals surface area contributed by atoms with E-state index in [-0.39, 0.29) is 11.8 Å². The van der Waals surface area contributed by atoms with E-state index in [0.29, 0.717) is 45.4 Å². The van der Waals surface area contributed by atoms with E-state index < -0.39 is 11.4 Å². The lowest BCUT2D eigenvalue weighted by Crippen LogP contribution is -2.49. The highest BCUT2D eigenvalue weighted by Crippen LogP contribution is 2.41. The first-order valence-corrected chi connectivity index (χ1v) is 9.99. The molecule has 27 heavy (non-hydrogen) atoms. The first-order chi connectivity index (χ1) is 12.7. The molecule has 0 aromatic heterocycles. The molecule has 0 unspecified atom stereocenters. The Morgan fingerprint density at radius 2 is 1.81 bits per heavy atom. The van der Waals surface area contributed by atoms with E-state index in [2.05, 4.69) is 13.8 Å². The van der Waals surface area contributed by atoms with Gasteiger partial charge in [0.25, 0.3) is 0 Å². The van der Waals surface area contributed by atoms with Gasteiger partial charge in [-0.3, -0.25) is 9.79 Å². The number of carbonyl (C=O) groups excluding carboxylic acids is 1. The molecule has 2 aliphatic heterocycles. The summed E-state index contributed by atoms with van der Waals surface area (Å²) < 4.78 is 11.6. The van der Waals surface area contributed by atoms with E-state index in [4.69, 9.17) is 14.5 Å². The molecule has 3 rings (SSSR count). The Bertz CT molecular complexity index is 613. The fourth-order valence-corrected chi connectivity index (χ4v) is 4.20. The van der Waals surface area contributed by atoms with Gasteiger partial charge in [-0.1, -0.05) is 13.8 Å². The Balaban J connectivity index is 1.72. The molecule has 7 nitrogen and oxygen atoms in total. The van der Waals surface area contributed by atoms with E-state index in [0.717, 1.165) is 24.5 Å². The van der Waals surface area contributed by atoms with Crippen LogP contribution in [0.5, 0.6) is 0 Å². The van der Waals surface area contributed by atoms with Crippen molar-refractivity contribution >= 4 is 11.6 Å². The molecule has 1 saturated carbocycles. The van der Waals surface area contributed by atoms with Crippen molar-refractivity contribution in [3.8, 4) is 0 Å². The number of aliphatic imine (C=N–C) groups is 1. The van der Waals surface area contributed by atoms with Gasteiger partial charge < -0.3 is 24.4 Å². The summed E-state index contributed by atoms with van der Waals surface area (Å²) in [5.41, 5.74) is 0.826. The first kappa shape index (κ1) is 20.3. The number of carbonyl (C=O) groups is 1. The lowest BCUT2D eigenvalue weighted by Gasteiger charge is -2.42. The second-order valence-corrected chi connectivity index (χ2v) is 8.32. The van der Waals surface area contributed by atoms with Crippen LogP contribution in [-0.4, -0.2) is 77.8 Å². The molecule has 0 aromatic carbocycles. The Kier molecular flexibility index (Phi) is 5.93. The molecule has 1 amide bonds. The summed E-state index contributed by atoms with van der Waals surface area (Å²) in [5, 5.41) is 11.3. The second-order valence-electron chi connectivity index (χ2n) is 8.32. The molecule has 3 fully saturated rings. The monoisotopic (exact) mass is 379 g/mol. The fraction of sp³-hybridized carbons (Fsp3) is 0.800. The van der Waals surface area contributed by atoms with Crippen LogP contribution in [0.1, 0.15) is 46.5 Å². The van der Waals surface area contributed by atoms with Crippen LogP contribution in [0.4, 0.5) is 0 Å². The molecule has 152 valence electrons. The van der Waals surface area contributed by atoms with Crippen LogP contribution in [0.15, 0.2) is 16.9 Å². The molecule has 0 atom stereocenters. The maximum Gasteiger partial charge on any atom is 0.241 e. The van der Waals surface area contributed by atoms with Crippen molar-refractivity contribution in [3.63, 3.8) is 0 Å². The SMILES string of the molecule is C/C(=C\N=C(C(C)C)C1(O)CCC2(CC1)OCCO2)N1CCN(C)C(=O)C1. The van der Waals surface area contributed by atoms with Gasteiger partial charge in [0, 0.05) is 44.9 Å². The minimum atomic E-state index is -0.927. The molecule has 0 aromatic rings. The van der Waals surface area contributed by atoms with Crippen LogP contribution < -0.4 is 0 Å². The Morgan fingerprint density at radius 3 is 2.37 bits per heavy atom. The number of ether oxygens (including phenoxy) is 2. The minimum absolute atomic E-state index is 0.120. The zero-order valence-corrected chi connectivity index (χ0v) is 17.0. The second kappa shape index (κ2) is 7.89. The number of amides is 1. The van der Waals surface area contributed by atoms with Crippen LogP contribution >= 0.6 is 0 Å². The van der Waals surface area contributed by atoms with Gasteiger partial charge in [-0.25, -0.2) is 0 Å². The van der Waals surface area contributed by atoms with E-state index in [1.54, 1.807) is 11.1 Å². The summed E-state index contributed by atoms with van der Waals surface area (Å²) in [6.45, 7) is 9.27. The first-order valence-electron chi connectivity index (χ1n) is 9.99. The highest BCUT2D eigenvalue weighted by atomic mass is 16.7. The lowest BCUT2D eigenvalue weighted by atomic mass is 9.75. The minimum Gasteiger partial charge on any atom is -0.384 e. The highest BCUT2D eigenvalue weighted by Gasteiger charge is 2.48. The molecular weight excluding hydrogens is 346 g/mol. The van der Waals surface area contributed by atoms with Crippen LogP contribution in [-0.2, 0) is 14.3 Å². The van der Waals surface area contributed by atoms with Crippen molar-refractivity contribution in [1.82, 2.24) is 9.80 Å². The summed E-state index contributed by atoms with van der Waals surface area (Å²) in [5.74, 6) is -0.247. The van der Waals surface area contributed by atoms with E-state index in [1.165, 1.54) is 0 Å². The number of hydrogen-bond acceptors (Lipinski definition) is 6. The smallest absolute Gasteiger partial charge is 0.241 e. The number of aliphatic hydroxyl groups is 1. The maximum absolute atomic E-state index is 11.9. The maximum atomic E-state index is 11.9. The zero-order valence-electron chi connectivity index (χ0n) is 17.0. The van der Waals surface area contributed by atoms with Gasteiger partial charge in [0.05, 0.1) is 25.5 Å². The lowest BCUT2D eigenvalue weighted by molar-refractivity contribution is -0.194. The molecule has 1 aliphatic carbocycles. The molecule has 2 saturated heterocycles. The topological polar surface area (TPSA) is 74.6 Å². The summed E-state index contributed by atoms with van der Waals surface area (Å²) in [6, 6.07) is 0. The Hall–Kier alpha value is -1.44. The molecule has 1 spiro atoms. The fourth-order valence-electron chi connectivity index (χ4n) is 4.20. The van der Waals surface area contributed by atoms with Crippen molar-refractivity contribution in [2.24, 2.45) is 10.9 Å². The normalized spacial score (nSPS) is 26.4. The van der Waals surface area contributed by atoms with Gasteiger partial charge in [-0.2, -0.15) is 0 Å². The number of allylic oxidation sites excluding steroid dienone is 1. The molecule has 7 heteroatoms. The van der Waals surface area contributed by atoms with Gasteiger partial charge in [0.2, 0.25) is 5.91 Å². The predicted molar refractivity (Wildman–Crippen MR) is 103 cm³/mol. The van der Waals surface area contributed by atoms with E-state index >= 15 is 0 Å². The van der Waals surface area contributed by atoms with Crippen molar-refractivity contribution in [1.29, 1.82) is 0 Å². The quantitative estimate of drug-likeness (QED) is 0.754. The van der Waals surface area contributed by atoms with Crippen molar-refractivity contribution in [2.75, 3.05) is 39.9 Å². The molecule has 1 N–H and O–H groups in total. The number of piperazine rings is 1. The third kappa shape index (κ3) is 4.36. The number of likely N-dealkylation sites (N-methyl/N-ethyl adjacent to an activating group) is 1. The summed E-state index contributed by atoms with van der Waals surface area (Å²) in [7, 11) is 1.83. The Labute approximate surface area is 162 Å². The number of hydrogen-bond donors (Lipinski definition) is 1. The molecule has 0 bridgehead atoms. The average Bonchev–Trinajstić information content (AvgIpc) is 3.09. The average molecular weight is 380 g/mol. The summed E-state index contributed by atoms with van der Waals surface area (Å²) in [6.07, 6.45) is 4.35. The largest absolute Gasteiger partial charge is 0.384 e. The van der Waals surface area contributed by atoms with E-state index in [1.807, 2.05) is 18.9 Å². The van der Waals surface area contributed by atoms with Crippen LogP contribution in [0.3, 0.4) is 0 Å². The van der Waals surface area contributed by atoms with Gasteiger partial charge in [-0.15, -0.1) is 0 Å². The van der Waals surface area contributed by atoms with E-state index in [9.17, 15) is 9.90 Å².